The van der Waals surface area contributed by atoms with E-state index in [4.69, 9.17) is 9.47 Å². The van der Waals surface area contributed by atoms with Crippen LogP contribution in [0, 0.1) is 0 Å². The van der Waals surface area contributed by atoms with Gasteiger partial charge in [0.05, 0.1) is 13.2 Å². The minimum atomic E-state index is -0.660. The average Bonchev–Trinajstić information content (AvgIpc) is 2.48. The molecule has 1 atom stereocenters. The second-order valence-electron chi connectivity index (χ2n) is 4.59. The van der Waals surface area contributed by atoms with E-state index in [9.17, 15) is 5.11 Å². The van der Waals surface area contributed by atoms with Crippen molar-refractivity contribution in [3.05, 3.63) is 65.2 Å². The van der Waals surface area contributed by atoms with Gasteiger partial charge in [-0.1, -0.05) is 36.4 Å². The Morgan fingerprint density at radius 1 is 1.05 bits per heavy atom. The number of aliphatic hydroxyl groups is 1. The summed E-state index contributed by atoms with van der Waals surface area (Å²) in [5, 5.41) is 10.5. The van der Waals surface area contributed by atoms with E-state index in [1.165, 1.54) is 0 Å². The Hall–Kier alpha value is -1.84. The third kappa shape index (κ3) is 3.59. The van der Waals surface area contributed by atoms with Gasteiger partial charge in [0.2, 0.25) is 0 Å². The molecule has 0 bridgehead atoms. The molecule has 0 radical (unpaired) electrons. The smallest absolute Gasteiger partial charge is 0.119 e. The van der Waals surface area contributed by atoms with Crippen LogP contribution in [0.15, 0.2) is 48.5 Å². The number of methoxy groups -OCH3 is 1. The zero-order chi connectivity index (χ0) is 14.4. The van der Waals surface area contributed by atoms with Crippen molar-refractivity contribution in [2.75, 3.05) is 13.7 Å². The lowest BCUT2D eigenvalue weighted by Crippen LogP contribution is -2.01. The van der Waals surface area contributed by atoms with Crippen LogP contribution < -0.4 is 4.74 Å². The molecule has 0 aromatic heterocycles. The van der Waals surface area contributed by atoms with Crippen LogP contribution in [0.5, 0.6) is 5.75 Å². The quantitative estimate of drug-likeness (QED) is 0.876. The standard InChI is InChI=1S/C17H20O3/c1-3-20-16-9-5-8-15(11-16)17(18)14-7-4-6-13(10-14)12-19-2/h4-11,17-18H,3,12H2,1-2H3. The summed E-state index contributed by atoms with van der Waals surface area (Å²) in [5.41, 5.74) is 2.73. The van der Waals surface area contributed by atoms with E-state index in [-0.39, 0.29) is 0 Å². The fourth-order valence-corrected chi connectivity index (χ4v) is 2.15. The van der Waals surface area contributed by atoms with Crippen LogP contribution in [0.1, 0.15) is 29.7 Å². The van der Waals surface area contributed by atoms with Crippen molar-refractivity contribution in [2.24, 2.45) is 0 Å². The first kappa shape index (κ1) is 14.6. The maximum absolute atomic E-state index is 10.5. The summed E-state index contributed by atoms with van der Waals surface area (Å²) in [7, 11) is 1.66. The Morgan fingerprint density at radius 3 is 2.45 bits per heavy atom. The molecule has 106 valence electrons. The third-order valence-corrected chi connectivity index (χ3v) is 3.06. The number of ether oxygens (including phenoxy) is 2. The lowest BCUT2D eigenvalue weighted by atomic mass is 10.00. The Balaban J connectivity index is 2.23. The molecule has 2 aromatic carbocycles. The van der Waals surface area contributed by atoms with Gasteiger partial charge in [-0.05, 0) is 35.7 Å². The minimum absolute atomic E-state index is 0.541. The summed E-state index contributed by atoms with van der Waals surface area (Å²) in [4.78, 5) is 0. The molecule has 0 fully saturated rings. The summed E-state index contributed by atoms with van der Waals surface area (Å²) >= 11 is 0. The topological polar surface area (TPSA) is 38.7 Å². The highest BCUT2D eigenvalue weighted by Gasteiger charge is 2.11. The van der Waals surface area contributed by atoms with Crippen LogP contribution in [-0.4, -0.2) is 18.8 Å². The molecule has 1 unspecified atom stereocenters. The van der Waals surface area contributed by atoms with Crippen LogP contribution in [0.3, 0.4) is 0 Å². The largest absolute Gasteiger partial charge is 0.494 e. The SMILES string of the molecule is CCOc1cccc(C(O)c2cccc(COC)c2)c1. The Morgan fingerprint density at radius 2 is 1.75 bits per heavy atom. The molecule has 0 amide bonds. The van der Waals surface area contributed by atoms with Crippen molar-refractivity contribution in [3.63, 3.8) is 0 Å². The molecule has 0 heterocycles. The summed E-state index contributed by atoms with van der Waals surface area (Å²) in [5.74, 6) is 0.775. The second kappa shape index (κ2) is 7.08. The first-order valence-corrected chi connectivity index (χ1v) is 6.73. The first-order chi connectivity index (χ1) is 9.74. The van der Waals surface area contributed by atoms with Crippen molar-refractivity contribution in [1.29, 1.82) is 0 Å². The average molecular weight is 272 g/mol. The molecule has 20 heavy (non-hydrogen) atoms. The van der Waals surface area contributed by atoms with Gasteiger partial charge in [-0.2, -0.15) is 0 Å². The van der Waals surface area contributed by atoms with Gasteiger partial charge in [0.15, 0.2) is 0 Å². The lowest BCUT2D eigenvalue weighted by molar-refractivity contribution is 0.184. The molecule has 3 nitrogen and oxygen atoms in total. The van der Waals surface area contributed by atoms with E-state index in [0.717, 1.165) is 22.4 Å². The van der Waals surface area contributed by atoms with Crippen molar-refractivity contribution < 1.29 is 14.6 Å². The van der Waals surface area contributed by atoms with E-state index < -0.39 is 6.10 Å². The predicted octanol–water partition coefficient (Wildman–Crippen LogP) is 3.31. The van der Waals surface area contributed by atoms with Gasteiger partial charge in [-0.3, -0.25) is 0 Å². The highest BCUT2D eigenvalue weighted by atomic mass is 16.5. The Bertz CT molecular complexity index is 502. The number of benzene rings is 2. The number of hydrogen-bond acceptors (Lipinski definition) is 3. The summed E-state index contributed by atoms with van der Waals surface area (Å²) < 4.78 is 10.6. The molecule has 0 aliphatic carbocycles. The molecular formula is C17H20O3. The minimum Gasteiger partial charge on any atom is -0.494 e. The van der Waals surface area contributed by atoms with E-state index in [1.807, 2.05) is 55.5 Å². The van der Waals surface area contributed by atoms with Crippen LogP contribution in [0.4, 0.5) is 0 Å². The highest BCUT2D eigenvalue weighted by molar-refractivity contribution is 5.36. The molecule has 2 aromatic rings. The van der Waals surface area contributed by atoms with Gasteiger partial charge in [-0.15, -0.1) is 0 Å². The van der Waals surface area contributed by atoms with Crippen LogP contribution in [0.25, 0.3) is 0 Å². The van der Waals surface area contributed by atoms with E-state index >= 15 is 0 Å². The van der Waals surface area contributed by atoms with Gasteiger partial charge in [-0.25, -0.2) is 0 Å². The Labute approximate surface area is 119 Å². The van der Waals surface area contributed by atoms with E-state index in [1.54, 1.807) is 7.11 Å². The fraction of sp³-hybridized carbons (Fsp3) is 0.294. The molecule has 3 heteroatoms. The highest BCUT2D eigenvalue weighted by Crippen LogP contribution is 2.25. The maximum atomic E-state index is 10.5. The number of rotatable bonds is 6. The predicted molar refractivity (Wildman–Crippen MR) is 78.8 cm³/mol. The fourth-order valence-electron chi connectivity index (χ4n) is 2.15. The van der Waals surface area contributed by atoms with Crippen LogP contribution >= 0.6 is 0 Å². The molecule has 2 rings (SSSR count). The van der Waals surface area contributed by atoms with Gasteiger partial charge in [0.1, 0.15) is 11.9 Å². The summed E-state index contributed by atoms with van der Waals surface area (Å²) in [6, 6.07) is 15.3. The molecule has 0 saturated carbocycles. The van der Waals surface area contributed by atoms with Gasteiger partial charge >= 0.3 is 0 Å². The van der Waals surface area contributed by atoms with Gasteiger partial charge in [0, 0.05) is 7.11 Å². The van der Waals surface area contributed by atoms with Crippen molar-refractivity contribution in [3.8, 4) is 5.75 Å². The molecule has 0 aliphatic rings. The molecule has 0 saturated heterocycles. The van der Waals surface area contributed by atoms with Crippen molar-refractivity contribution in [2.45, 2.75) is 19.6 Å². The van der Waals surface area contributed by atoms with Crippen molar-refractivity contribution >= 4 is 0 Å². The number of hydrogen-bond donors (Lipinski definition) is 1. The van der Waals surface area contributed by atoms with Crippen LogP contribution in [0.2, 0.25) is 0 Å². The second-order valence-corrected chi connectivity index (χ2v) is 4.59. The van der Waals surface area contributed by atoms with Gasteiger partial charge < -0.3 is 14.6 Å². The molecule has 0 aliphatic heterocycles. The monoisotopic (exact) mass is 272 g/mol. The first-order valence-electron chi connectivity index (χ1n) is 6.73. The maximum Gasteiger partial charge on any atom is 0.119 e. The zero-order valence-electron chi connectivity index (χ0n) is 11.9. The molecule has 1 N–H and O–H groups in total. The van der Waals surface area contributed by atoms with Gasteiger partial charge in [0.25, 0.3) is 0 Å². The van der Waals surface area contributed by atoms with E-state index in [2.05, 4.69) is 0 Å². The normalized spacial score (nSPS) is 12.2. The third-order valence-electron chi connectivity index (χ3n) is 3.06. The lowest BCUT2D eigenvalue weighted by Gasteiger charge is -2.14. The van der Waals surface area contributed by atoms with E-state index in [0.29, 0.717) is 13.2 Å². The van der Waals surface area contributed by atoms with Crippen LogP contribution in [-0.2, 0) is 11.3 Å². The van der Waals surface area contributed by atoms with Crippen molar-refractivity contribution in [1.82, 2.24) is 0 Å². The summed E-state index contributed by atoms with van der Waals surface area (Å²) in [6.45, 7) is 3.10. The Kier molecular flexibility index (Phi) is 5.16. The molecule has 0 spiro atoms. The molecular weight excluding hydrogens is 252 g/mol. The zero-order valence-corrected chi connectivity index (χ0v) is 11.9. The summed E-state index contributed by atoms with van der Waals surface area (Å²) in [6.07, 6.45) is -0.660. The number of aliphatic hydroxyl groups excluding tert-OH is 1.